The molecule has 96 valence electrons. The highest BCUT2D eigenvalue weighted by Gasteiger charge is 2.48. The molecular weight excluding hydrogens is 266 g/mol. The molecule has 1 aromatic heterocycles. The number of carboxylic acid groups (broad SMARTS) is 1. The number of ketones is 1. The van der Waals surface area contributed by atoms with Gasteiger partial charge >= 0.3 is 5.97 Å². The minimum Gasteiger partial charge on any atom is -0.481 e. The highest BCUT2D eigenvalue weighted by Crippen LogP contribution is 2.41. The molecule has 2 atom stereocenters. The van der Waals surface area contributed by atoms with Gasteiger partial charge in [0.1, 0.15) is 0 Å². The number of benzene rings is 1. The number of rotatable bonds is 3. The van der Waals surface area contributed by atoms with Crippen LogP contribution in [0, 0.1) is 11.8 Å². The molecule has 0 bridgehead atoms. The third-order valence-electron chi connectivity index (χ3n) is 3.39. The summed E-state index contributed by atoms with van der Waals surface area (Å²) < 4.78 is 0. The van der Waals surface area contributed by atoms with Gasteiger partial charge in [0, 0.05) is 23.1 Å². The zero-order valence-corrected chi connectivity index (χ0v) is 10.6. The maximum Gasteiger partial charge on any atom is 0.307 e. The molecule has 2 unspecified atom stereocenters. The molecule has 19 heavy (non-hydrogen) atoms. The van der Waals surface area contributed by atoms with Gasteiger partial charge in [0.25, 0.3) is 0 Å². The van der Waals surface area contributed by atoms with Crippen LogP contribution in [-0.4, -0.2) is 21.8 Å². The van der Waals surface area contributed by atoms with Crippen LogP contribution in [0.4, 0.5) is 0 Å². The third kappa shape index (κ3) is 2.08. The number of carbonyl (C=O) groups excluding carboxylic acids is 1. The van der Waals surface area contributed by atoms with Gasteiger partial charge in [0.15, 0.2) is 5.78 Å². The van der Waals surface area contributed by atoms with Crippen LogP contribution in [0.25, 0.3) is 10.9 Å². The summed E-state index contributed by atoms with van der Waals surface area (Å²) in [6.07, 6.45) is 2.05. The van der Waals surface area contributed by atoms with Gasteiger partial charge in [-0.2, -0.15) is 0 Å². The number of aliphatic carboxylic acids is 1. The Labute approximate surface area is 114 Å². The second-order valence-corrected chi connectivity index (χ2v) is 5.09. The quantitative estimate of drug-likeness (QED) is 0.875. The molecule has 0 radical (unpaired) electrons. The van der Waals surface area contributed by atoms with Crippen molar-refractivity contribution in [2.45, 2.75) is 6.42 Å². The molecule has 1 saturated carbocycles. The van der Waals surface area contributed by atoms with Crippen molar-refractivity contribution in [3.63, 3.8) is 0 Å². The fourth-order valence-electron chi connectivity index (χ4n) is 2.26. The maximum atomic E-state index is 12.2. The van der Waals surface area contributed by atoms with Crippen LogP contribution >= 0.6 is 11.6 Å². The predicted molar refractivity (Wildman–Crippen MR) is 70.3 cm³/mol. The maximum absolute atomic E-state index is 12.2. The van der Waals surface area contributed by atoms with Crippen LogP contribution in [0.2, 0.25) is 5.02 Å². The van der Waals surface area contributed by atoms with E-state index < -0.39 is 17.8 Å². The highest BCUT2D eigenvalue weighted by atomic mass is 35.5. The van der Waals surface area contributed by atoms with E-state index in [-0.39, 0.29) is 5.78 Å². The van der Waals surface area contributed by atoms with E-state index in [1.165, 1.54) is 0 Å². The summed E-state index contributed by atoms with van der Waals surface area (Å²) in [6.45, 7) is 0. The smallest absolute Gasteiger partial charge is 0.307 e. The molecule has 4 nitrogen and oxygen atoms in total. The molecule has 5 heteroatoms. The van der Waals surface area contributed by atoms with Gasteiger partial charge in [-0.15, -0.1) is 0 Å². The number of carbonyl (C=O) groups is 2. The molecule has 0 spiro atoms. The summed E-state index contributed by atoms with van der Waals surface area (Å²) in [6, 6.07) is 6.88. The van der Waals surface area contributed by atoms with Gasteiger partial charge in [0.2, 0.25) is 0 Å². The summed E-state index contributed by atoms with van der Waals surface area (Å²) in [5.74, 6) is -2.02. The number of Topliss-reactive ketones (excluding diaryl/α,β-unsaturated/α-hetero) is 1. The molecule has 0 aliphatic heterocycles. The van der Waals surface area contributed by atoms with E-state index in [1.54, 1.807) is 24.4 Å². The Morgan fingerprint density at radius 2 is 2.11 bits per heavy atom. The monoisotopic (exact) mass is 275 g/mol. The first-order valence-corrected chi connectivity index (χ1v) is 6.27. The van der Waals surface area contributed by atoms with Gasteiger partial charge in [-0.05, 0) is 24.6 Å². The summed E-state index contributed by atoms with van der Waals surface area (Å²) >= 11 is 6.10. The lowest BCUT2D eigenvalue weighted by Crippen LogP contribution is -2.08. The number of hydrogen-bond donors (Lipinski definition) is 1. The van der Waals surface area contributed by atoms with Crippen molar-refractivity contribution in [3.8, 4) is 0 Å². The van der Waals surface area contributed by atoms with E-state index in [9.17, 15) is 9.59 Å². The summed E-state index contributed by atoms with van der Waals surface area (Å²) in [7, 11) is 0. The molecular formula is C14H10ClNO3. The van der Waals surface area contributed by atoms with E-state index >= 15 is 0 Å². The van der Waals surface area contributed by atoms with Gasteiger partial charge in [-0.25, -0.2) is 0 Å². The molecule has 1 heterocycles. The molecule has 1 aromatic carbocycles. The zero-order valence-electron chi connectivity index (χ0n) is 9.84. The van der Waals surface area contributed by atoms with E-state index in [0.717, 1.165) is 5.39 Å². The molecule has 1 N–H and O–H groups in total. The first-order valence-electron chi connectivity index (χ1n) is 5.89. The Morgan fingerprint density at radius 3 is 2.79 bits per heavy atom. The standard InChI is InChI=1S/C14H10ClNO3/c15-11-5-8(4-7-2-1-3-16-12(7)11)13(17)9-6-10(9)14(18)19/h1-5,9-10H,6H2,(H,18,19). The Balaban J connectivity index is 1.98. The van der Waals surface area contributed by atoms with Crippen LogP contribution in [0.15, 0.2) is 30.5 Å². The van der Waals surface area contributed by atoms with Gasteiger partial charge < -0.3 is 5.11 Å². The zero-order chi connectivity index (χ0) is 13.6. The average molecular weight is 276 g/mol. The summed E-state index contributed by atoms with van der Waals surface area (Å²) in [5, 5.41) is 10.1. The fraction of sp³-hybridized carbons (Fsp3) is 0.214. The largest absolute Gasteiger partial charge is 0.481 e. The molecule has 0 amide bonds. The van der Waals surface area contributed by atoms with Gasteiger partial charge in [-0.3, -0.25) is 14.6 Å². The normalized spacial score (nSPS) is 21.3. The van der Waals surface area contributed by atoms with Crippen LogP contribution in [-0.2, 0) is 4.79 Å². The summed E-state index contributed by atoms with van der Waals surface area (Å²) in [5.41, 5.74) is 1.10. The minimum atomic E-state index is -0.910. The second kappa shape index (κ2) is 4.31. The van der Waals surface area contributed by atoms with Crippen molar-refractivity contribution in [2.24, 2.45) is 11.8 Å². The molecule has 1 fully saturated rings. The Bertz CT molecular complexity index is 698. The van der Waals surface area contributed by atoms with Crippen molar-refractivity contribution in [3.05, 3.63) is 41.0 Å². The predicted octanol–water partition coefficient (Wildman–Crippen LogP) is 2.79. The Morgan fingerprint density at radius 1 is 1.32 bits per heavy atom. The number of aromatic nitrogens is 1. The van der Waals surface area contributed by atoms with E-state index in [1.807, 2.05) is 6.07 Å². The van der Waals surface area contributed by atoms with Crippen LogP contribution in [0.5, 0.6) is 0 Å². The van der Waals surface area contributed by atoms with Crippen molar-refractivity contribution < 1.29 is 14.7 Å². The lowest BCUT2D eigenvalue weighted by atomic mass is 10.0. The Hall–Kier alpha value is -1.94. The first kappa shape index (κ1) is 12.1. The van der Waals surface area contributed by atoms with E-state index in [4.69, 9.17) is 16.7 Å². The van der Waals surface area contributed by atoms with Crippen molar-refractivity contribution >= 4 is 34.3 Å². The molecule has 1 aliphatic carbocycles. The fourth-order valence-corrected chi connectivity index (χ4v) is 2.54. The number of halogens is 1. The highest BCUT2D eigenvalue weighted by molar-refractivity contribution is 6.35. The lowest BCUT2D eigenvalue weighted by molar-refractivity contribution is -0.138. The van der Waals surface area contributed by atoms with Crippen LogP contribution in [0.1, 0.15) is 16.8 Å². The average Bonchev–Trinajstić information content (AvgIpc) is 3.18. The van der Waals surface area contributed by atoms with Crippen molar-refractivity contribution in [2.75, 3.05) is 0 Å². The van der Waals surface area contributed by atoms with Gasteiger partial charge in [-0.1, -0.05) is 17.7 Å². The number of nitrogens with zero attached hydrogens (tertiary/aromatic N) is 1. The van der Waals surface area contributed by atoms with E-state index in [2.05, 4.69) is 4.98 Å². The lowest BCUT2D eigenvalue weighted by Gasteiger charge is -2.04. The molecule has 0 saturated heterocycles. The minimum absolute atomic E-state index is 0.153. The number of fused-ring (bicyclic) bond motifs is 1. The SMILES string of the molecule is O=C(O)C1CC1C(=O)c1cc(Cl)c2ncccc2c1. The first-order chi connectivity index (χ1) is 9.08. The third-order valence-corrected chi connectivity index (χ3v) is 3.68. The number of carboxylic acids is 1. The van der Waals surface area contributed by atoms with Crippen LogP contribution in [0.3, 0.4) is 0 Å². The van der Waals surface area contributed by atoms with E-state index in [0.29, 0.717) is 22.5 Å². The van der Waals surface area contributed by atoms with Gasteiger partial charge in [0.05, 0.1) is 16.5 Å². The second-order valence-electron chi connectivity index (χ2n) is 4.68. The summed E-state index contributed by atoms with van der Waals surface area (Å²) in [4.78, 5) is 27.1. The molecule has 1 aliphatic rings. The van der Waals surface area contributed by atoms with Crippen molar-refractivity contribution in [1.29, 1.82) is 0 Å². The number of hydrogen-bond acceptors (Lipinski definition) is 3. The topological polar surface area (TPSA) is 67.3 Å². The molecule has 2 aromatic rings. The Kier molecular flexibility index (Phi) is 2.75. The molecule has 3 rings (SSSR count). The van der Waals surface area contributed by atoms with Crippen LogP contribution < -0.4 is 0 Å². The van der Waals surface area contributed by atoms with Crippen molar-refractivity contribution in [1.82, 2.24) is 4.98 Å². The number of pyridine rings is 1.